The van der Waals surface area contributed by atoms with E-state index < -0.39 is 18.6 Å². The Labute approximate surface area is 131 Å². The van der Waals surface area contributed by atoms with Gasteiger partial charge in [0.15, 0.2) is 5.16 Å². The topological polar surface area (TPSA) is 64.0 Å². The molecule has 10 heteroatoms. The van der Waals surface area contributed by atoms with Gasteiger partial charge < -0.3 is 5.32 Å². The van der Waals surface area contributed by atoms with E-state index in [0.717, 1.165) is 11.8 Å². The molecule has 120 valence electrons. The third kappa shape index (κ3) is 4.01. The smallest absolute Gasteiger partial charge is 0.346 e. The molecule has 2 heterocycles. The molecule has 5 nitrogen and oxygen atoms in total. The Balaban J connectivity index is 2.11. The number of fused-ring (bicyclic) bond motifs is 1. The number of thiophene rings is 1. The van der Waals surface area contributed by atoms with Crippen molar-refractivity contribution >= 4 is 39.2 Å². The number of thioether (sulfide) groups is 1. The van der Waals surface area contributed by atoms with Gasteiger partial charge in [-0.15, -0.1) is 11.3 Å². The number of rotatable bonds is 5. The van der Waals surface area contributed by atoms with Crippen LogP contribution in [0.1, 0.15) is 6.92 Å². The van der Waals surface area contributed by atoms with Crippen molar-refractivity contribution in [3.8, 4) is 0 Å². The Morgan fingerprint density at radius 2 is 2.23 bits per heavy atom. The summed E-state index contributed by atoms with van der Waals surface area (Å²) in [4.78, 5) is 27.9. The van der Waals surface area contributed by atoms with Gasteiger partial charge in [0.25, 0.3) is 5.56 Å². The number of amides is 1. The van der Waals surface area contributed by atoms with Crippen LogP contribution in [0, 0.1) is 0 Å². The number of hydrogen-bond acceptors (Lipinski definition) is 5. The van der Waals surface area contributed by atoms with Gasteiger partial charge in [0.2, 0.25) is 5.91 Å². The number of carbonyl (C=O) groups is 1. The van der Waals surface area contributed by atoms with Gasteiger partial charge in [0.05, 0.1) is 11.3 Å². The van der Waals surface area contributed by atoms with Crippen molar-refractivity contribution in [1.29, 1.82) is 0 Å². The number of carbonyl (C=O) groups excluding carboxylic acids is 1. The largest absolute Gasteiger partial charge is 0.405 e. The van der Waals surface area contributed by atoms with Crippen molar-refractivity contribution in [2.24, 2.45) is 0 Å². The van der Waals surface area contributed by atoms with Gasteiger partial charge in [0.1, 0.15) is 11.2 Å². The average molecular weight is 351 g/mol. The third-order valence-electron chi connectivity index (χ3n) is 2.67. The first kappa shape index (κ1) is 16.8. The molecule has 2 aromatic heterocycles. The van der Waals surface area contributed by atoms with Crippen molar-refractivity contribution in [2.45, 2.75) is 24.8 Å². The fourth-order valence-corrected chi connectivity index (χ4v) is 3.36. The van der Waals surface area contributed by atoms with Crippen LogP contribution < -0.4 is 10.9 Å². The van der Waals surface area contributed by atoms with E-state index in [2.05, 4.69) is 4.98 Å². The maximum Gasteiger partial charge on any atom is 0.405 e. The summed E-state index contributed by atoms with van der Waals surface area (Å²) < 4.78 is 38.0. The fourth-order valence-electron chi connectivity index (χ4n) is 1.69. The minimum absolute atomic E-state index is 0.208. The number of nitrogens with one attached hydrogen (secondary N) is 1. The molecule has 1 N–H and O–H groups in total. The van der Waals surface area contributed by atoms with Crippen LogP contribution in [0.4, 0.5) is 13.2 Å². The van der Waals surface area contributed by atoms with Crippen LogP contribution in [0.15, 0.2) is 21.4 Å². The second-order valence-corrected chi connectivity index (χ2v) is 6.12. The number of halogens is 3. The van der Waals surface area contributed by atoms with Crippen molar-refractivity contribution in [3.63, 3.8) is 0 Å². The summed E-state index contributed by atoms with van der Waals surface area (Å²) in [5, 5.41) is 3.84. The number of nitrogens with zero attached hydrogens (tertiary/aromatic N) is 2. The molecule has 2 rings (SSSR count). The van der Waals surface area contributed by atoms with Crippen molar-refractivity contribution in [2.75, 3.05) is 12.3 Å². The molecule has 0 aliphatic heterocycles. The molecule has 1 amide bonds. The van der Waals surface area contributed by atoms with E-state index in [1.165, 1.54) is 15.9 Å². The Kier molecular flexibility index (Phi) is 5.12. The second kappa shape index (κ2) is 6.69. The molecule has 0 fully saturated rings. The molecule has 0 bridgehead atoms. The third-order valence-corrected chi connectivity index (χ3v) is 4.53. The molecule has 0 spiro atoms. The molecule has 0 radical (unpaired) electrons. The van der Waals surface area contributed by atoms with E-state index in [1.54, 1.807) is 23.7 Å². The van der Waals surface area contributed by atoms with Gasteiger partial charge in [0, 0.05) is 6.54 Å². The summed E-state index contributed by atoms with van der Waals surface area (Å²) in [6.45, 7) is 0.756. The zero-order valence-corrected chi connectivity index (χ0v) is 13.1. The number of aromatic nitrogens is 2. The molecule has 0 aliphatic rings. The molecule has 0 unspecified atom stereocenters. The fraction of sp³-hybridized carbons (Fsp3) is 0.417. The number of hydrogen-bond donors (Lipinski definition) is 1. The molecule has 0 saturated heterocycles. The second-order valence-electron chi connectivity index (χ2n) is 4.26. The summed E-state index contributed by atoms with van der Waals surface area (Å²) >= 11 is 2.22. The predicted octanol–water partition coefficient (Wildman–Crippen LogP) is 2.25. The van der Waals surface area contributed by atoms with Crippen LogP contribution in [-0.2, 0) is 11.3 Å². The van der Waals surface area contributed by atoms with E-state index in [1.807, 2.05) is 0 Å². The summed E-state index contributed by atoms with van der Waals surface area (Å²) in [5.74, 6) is -0.998. The van der Waals surface area contributed by atoms with Crippen LogP contribution in [0.2, 0.25) is 0 Å². The summed E-state index contributed by atoms with van der Waals surface area (Å²) in [6, 6.07) is 1.69. The van der Waals surface area contributed by atoms with E-state index in [-0.39, 0.29) is 11.3 Å². The van der Waals surface area contributed by atoms with E-state index in [9.17, 15) is 22.8 Å². The SMILES string of the molecule is CCn1c(SCC(=O)NCC(F)(F)F)nc2ccsc2c1=O. The monoisotopic (exact) mass is 351 g/mol. The summed E-state index contributed by atoms with van der Waals surface area (Å²) in [5.41, 5.74) is 0.318. The lowest BCUT2D eigenvalue weighted by atomic mass is 10.5. The van der Waals surface area contributed by atoms with Gasteiger partial charge in [-0.05, 0) is 18.4 Å². The Hall–Kier alpha value is -1.55. The first-order chi connectivity index (χ1) is 10.3. The highest BCUT2D eigenvalue weighted by Gasteiger charge is 2.27. The molecule has 0 aliphatic carbocycles. The van der Waals surface area contributed by atoms with Crippen LogP contribution in [-0.4, -0.2) is 33.9 Å². The summed E-state index contributed by atoms with van der Waals surface area (Å²) in [6.07, 6.45) is -4.44. The predicted molar refractivity (Wildman–Crippen MR) is 79.3 cm³/mol. The highest BCUT2D eigenvalue weighted by Crippen LogP contribution is 2.20. The van der Waals surface area contributed by atoms with Gasteiger partial charge >= 0.3 is 6.18 Å². The zero-order chi connectivity index (χ0) is 16.3. The first-order valence-corrected chi connectivity index (χ1v) is 8.12. The van der Waals surface area contributed by atoms with Crippen molar-refractivity contribution < 1.29 is 18.0 Å². The quantitative estimate of drug-likeness (QED) is 0.663. The van der Waals surface area contributed by atoms with Gasteiger partial charge in [-0.3, -0.25) is 14.2 Å². The summed E-state index contributed by atoms with van der Waals surface area (Å²) in [7, 11) is 0. The molecule has 0 atom stereocenters. The Bertz CT molecular complexity index is 739. The van der Waals surface area contributed by atoms with Gasteiger partial charge in [-0.25, -0.2) is 4.98 Å². The first-order valence-electron chi connectivity index (χ1n) is 6.26. The maximum absolute atomic E-state index is 12.2. The van der Waals surface area contributed by atoms with Crippen molar-refractivity contribution in [3.05, 3.63) is 21.8 Å². The van der Waals surface area contributed by atoms with Gasteiger partial charge in [-0.1, -0.05) is 11.8 Å². The lowest BCUT2D eigenvalue weighted by Crippen LogP contribution is -2.35. The molecule has 2 aromatic rings. The molecule has 22 heavy (non-hydrogen) atoms. The van der Waals surface area contributed by atoms with Gasteiger partial charge in [-0.2, -0.15) is 13.2 Å². The van der Waals surface area contributed by atoms with E-state index >= 15 is 0 Å². The molecular weight excluding hydrogens is 339 g/mol. The molecule has 0 aromatic carbocycles. The highest BCUT2D eigenvalue weighted by atomic mass is 32.2. The van der Waals surface area contributed by atoms with E-state index in [4.69, 9.17) is 0 Å². The zero-order valence-electron chi connectivity index (χ0n) is 11.4. The van der Waals surface area contributed by atoms with Crippen LogP contribution >= 0.6 is 23.1 Å². The number of alkyl halides is 3. The molecule has 0 saturated carbocycles. The van der Waals surface area contributed by atoms with E-state index in [0.29, 0.717) is 21.9 Å². The minimum Gasteiger partial charge on any atom is -0.346 e. The van der Waals surface area contributed by atoms with Crippen LogP contribution in [0.3, 0.4) is 0 Å². The average Bonchev–Trinajstić information content (AvgIpc) is 2.91. The van der Waals surface area contributed by atoms with Crippen LogP contribution in [0.5, 0.6) is 0 Å². The Morgan fingerprint density at radius 3 is 2.86 bits per heavy atom. The maximum atomic E-state index is 12.2. The lowest BCUT2D eigenvalue weighted by Gasteiger charge is -2.10. The lowest BCUT2D eigenvalue weighted by molar-refractivity contribution is -0.136. The molecular formula is C12H12F3N3O2S2. The van der Waals surface area contributed by atoms with Crippen LogP contribution in [0.25, 0.3) is 10.2 Å². The Morgan fingerprint density at radius 1 is 1.50 bits per heavy atom. The standard InChI is InChI=1S/C12H12F3N3O2S2/c1-2-18-10(20)9-7(3-4-21-9)17-11(18)22-5-8(19)16-6-12(13,14)15/h3-4H,2,5-6H2,1H3,(H,16,19). The minimum atomic E-state index is -4.44. The van der Waals surface area contributed by atoms with Crippen molar-refractivity contribution in [1.82, 2.24) is 14.9 Å². The highest BCUT2D eigenvalue weighted by molar-refractivity contribution is 7.99. The normalized spacial score (nSPS) is 11.8.